The summed E-state index contributed by atoms with van der Waals surface area (Å²) in [6.45, 7) is 0. The van der Waals surface area contributed by atoms with Crippen LogP contribution in [0.1, 0.15) is 16.7 Å². The molecular formula is C15H12Br2. The zero-order valence-electron chi connectivity index (χ0n) is 9.24. The zero-order valence-corrected chi connectivity index (χ0v) is 12.4. The summed E-state index contributed by atoms with van der Waals surface area (Å²) in [6.07, 6.45) is 4.25. The molecule has 0 aliphatic rings. The molecule has 2 aromatic rings. The Hall–Kier alpha value is -0.860. The maximum Gasteiger partial charge on any atom is 0.0283 e. The Balaban J connectivity index is 2.11. The smallest absolute Gasteiger partial charge is 0.0283 e. The number of benzene rings is 2. The van der Waals surface area contributed by atoms with Gasteiger partial charge in [0.05, 0.1) is 0 Å². The molecule has 0 heterocycles. The number of hydrogen-bond acceptors (Lipinski definition) is 0. The second kappa shape index (κ2) is 6.18. The standard InChI is InChI=1S/C15H12Br2/c16-11-14-5-3-12(4-6-14)1-2-13-7-9-15(17)10-8-13/h1-10H,11H2. The SMILES string of the molecule is BrCc1ccc(C=Cc2ccc(Br)cc2)cc1. The van der Waals surface area contributed by atoms with Gasteiger partial charge in [-0.1, -0.05) is 80.4 Å². The van der Waals surface area contributed by atoms with Crippen molar-refractivity contribution in [3.05, 3.63) is 69.7 Å². The lowest BCUT2D eigenvalue weighted by molar-refractivity contribution is 1.43. The minimum absolute atomic E-state index is 0.906. The van der Waals surface area contributed by atoms with Crippen molar-refractivity contribution in [1.82, 2.24) is 0 Å². The van der Waals surface area contributed by atoms with Crippen LogP contribution in [0.2, 0.25) is 0 Å². The first-order chi connectivity index (χ1) is 8.28. The summed E-state index contributed by atoms with van der Waals surface area (Å²) in [7, 11) is 0. The third kappa shape index (κ3) is 3.83. The Labute approximate surface area is 119 Å². The predicted molar refractivity (Wildman–Crippen MR) is 82.1 cm³/mol. The maximum absolute atomic E-state index is 3.44. The highest BCUT2D eigenvalue weighted by atomic mass is 79.9. The molecule has 0 bridgehead atoms. The van der Waals surface area contributed by atoms with Gasteiger partial charge in [-0.25, -0.2) is 0 Å². The second-order valence-electron chi connectivity index (χ2n) is 3.76. The van der Waals surface area contributed by atoms with E-state index in [1.165, 1.54) is 16.7 Å². The fraction of sp³-hybridized carbons (Fsp3) is 0.0667. The van der Waals surface area contributed by atoms with Gasteiger partial charge in [0.1, 0.15) is 0 Å². The molecule has 0 radical (unpaired) electrons. The molecule has 0 amide bonds. The molecule has 0 N–H and O–H groups in total. The first-order valence-electron chi connectivity index (χ1n) is 5.36. The van der Waals surface area contributed by atoms with E-state index in [1.807, 2.05) is 12.1 Å². The minimum atomic E-state index is 0.906. The third-order valence-corrected chi connectivity index (χ3v) is 3.65. The highest BCUT2D eigenvalue weighted by molar-refractivity contribution is 9.10. The van der Waals surface area contributed by atoms with Crippen molar-refractivity contribution in [3.63, 3.8) is 0 Å². The van der Waals surface area contributed by atoms with Gasteiger partial charge in [0, 0.05) is 9.80 Å². The van der Waals surface area contributed by atoms with Gasteiger partial charge < -0.3 is 0 Å². The fourth-order valence-electron chi connectivity index (χ4n) is 1.48. The van der Waals surface area contributed by atoms with E-state index in [2.05, 4.69) is 80.4 Å². The van der Waals surface area contributed by atoms with Crippen LogP contribution in [-0.2, 0) is 5.33 Å². The number of hydrogen-bond donors (Lipinski definition) is 0. The number of rotatable bonds is 3. The van der Waals surface area contributed by atoms with Crippen molar-refractivity contribution >= 4 is 44.0 Å². The summed E-state index contributed by atoms with van der Waals surface area (Å²) in [5.41, 5.74) is 3.72. The van der Waals surface area contributed by atoms with Crippen LogP contribution in [-0.4, -0.2) is 0 Å². The average Bonchev–Trinajstić information content (AvgIpc) is 2.39. The molecule has 0 nitrogen and oxygen atoms in total. The molecule has 86 valence electrons. The molecule has 0 aliphatic carbocycles. The van der Waals surface area contributed by atoms with E-state index in [-0.39, 0.29) is 0 Å². The summed E-state index contributed by atoms with van der Waals surface area (Å²) in [5.74, 6) is 0. The summed E-state index contributed by atoms with van der Waals surface area (Å²) in [5, 5.41) is 0.906. The summed E-state index contributed by atoms with van der Waals surface area (Å²) in [4.78, 5) is 0. The van der Waals surface area contributed by atoms with Crippen LogP contribution in [0.25, 0.3) is 12.2 Å². The van der Waals surface area contributed by atoms with Crippen molar-refractivity contribution in [3.8, 4) is 0 Å². The molecule has 2 rings (SSSR count). The van der Waals surface area contributed by atoms with Crippen LogP contribution in [0, 0.1) is 0 Å². The van der Waals surface area contributed by atoms with Crippen molar-refractivity contribution in [2.75, 3.05) is 0 Å². The van der Waals surface area contributed by atoms with E-state index < -0.39 is 0 Å². The Morgan fingerprint density at radius 1 is 0.765 bits per heavy atom. The summed E-state index contributed by atoms with van der Waals surface area (Å²) < 4.78 is 1.11. The topological polar surface area (TPSA) is 0 Å². The first-order valence-corrected chi connectivity index (χ1v) is 7.28. The summed E-state index contributed by atoms with van der Waals surface area (Å²) in [6, 6.07) is 16.8. The van der Waals surface area contributed by atoms with Gasteiger partial charge >= 0.3 is 0 Å². The molecule has 0 saturated heterocycles. The van der Waals surface area contributed by atoms with Gasteiger partial charge in [-0.3, -0.25) is 0 Å². The van der Waals surface area contributed by atoms with E-state index in [4.69, 9.17) is 0 Å². The van der Waals surface area contributed by atoms with Crippen molar-refractivity contribution in [2.45, 2.75) is 5.33 Å². The Morgan fingerprint density at radius 3 is 1.71 bits per heavy atom. The highest BCUT2D eigenvalue weighted by Crippen LogP contribution is 2.14. The molecule has 17 heavy (non-hydrogen) atoms. The largest absolute Gasteiger partial charge is 0.0876 e. The molecule has 0 spiro atoms. The molecule has 2 heteroatoms. The van der Waals surface area contributed by atoms with E-state index in [9.17, 15) is 0 Å². The van der Waals surface area contributed by atoms with Crippen LogP contribution < -0.4 is 0 Å². The van der Waals surface area contributed by atoms with Gasteiger partial charge in [-0.15, -0.1) is 0 Å². The lowest BCUT2D eigenvalue weighted by Gasteiger charge is -1.97. The quantitative estimate of drug-likeness (QED) is 0.505. The van der Waals surface area contributed by atoms with Crippen LogP contribution in [0.4, 0.5) is 0 Å². The predicted octanol–water partition coefficient (Wildman–Crippen LogP) is 5.51. The average molecular weight is 352 g/mol. The molecule has 0 aliphatic heterocycles. The van der Waals surface area contributed by atoms with E-state index in [1.54, 1.807) is 0 Å². The lowest BCUT2D eigenvalue weighted by atomic mass is 10.1. The van der Waals surface area contributed by atoms with Crippen LogP contribution >= 0.6 is 31.9 Å². The van der Waals surface area contributed by atoms with Gasteiger partial charge in [0.25, 0.3) is 0 Å². The van der Waals surface area contributed by atoms with Crippen molar-refractivity contribution in [1.29, 1.82) is 0 Å². The number of halogens is 2. The van der Waals surface area contributed by atoms with Gasteiger partial charge in [-0.05, 0) is 28.8 Å². The Bertz CT molecular complexity index is 495. The number of alkyl halides is 1. The molecule has 0 unspecified atom stereocenters. The molecule has 2 aromatic carbocycles. The van der Waals surface area contributed by atoms with E-state index in [0.29, 0.717) is 0 Å². The van der Waals surface area contributed by atoms with Crippen LogP contribution in [0.3, 0.4) is 0 Å². The second-order valence-corrected chi connectivity index (χ2v) is 5.24. The van der Waals surface area contributed by atoms with Crippen molar-refractivity contribution in [2.24, 2.45) is 0 Å². The molecular weight excluding hydrogens is 340 g/mol. The minimum Gasteiger partial charge on any atom is -0.0876 e. The van der Waals surface area contributed by atoms with Crippen LogP contribution in [0.5, 0.6) is 0 Å². The van der Waals surface area contributed by atoms with Gasteiger partial charge in [0.15, 0.2) is 0 Å². The lowest BCUT2D eigenvalue weighted by Crippen LogP contribution is -1.77. The molecule has 0 atom stereocenters. The Kier molecular flexibility index (Phi) is 4.57. The Morgan fingerprint density at radius 2 is 1.24 bits per heavy atom. The first kappa shape index (κ1) is 12.6. The molecule has 0 saturated carbocycles. The molecule has 0 aromatic heterocycles. The van der Waals surface area contributed by atoms with Gasteiger partial charge in [-0.2, -0.15) is 0 Å². The third-order valence-electron chi connectivity index (χ3n) is 2.47. The summed E-state index contributed by atoms with van der Waals surface area (Å²) >= 11 is 6.87. The van der Waals surface area contributed by atoms with Gasteiger partial charge in [0.2, 0.25) is 0 Å². The van der Waals surface area contributed by atoms with E-state index in [0.717, 1.165) is 9.80 Å². The van der Waals surface area contributed by atoms with E-state index >= 15 is 0 Å². The van der Waals surface area contributed by atoms with Crippen molar-refractivity contribution < 1.29 is 0 Å². The normalized spacial score (nSPS) is 10.9. The van der Waals surface area contributed by atoms with Crippen LogP contribution in [0.15, 0.2) is 53.0 Å². The zero-order chi connectivity index (χ0) is 12.1. The maximum atomic E-state index is 3.44. The fourth-order valence-corrected chi connectivity index (χ4v) is 2.12. The monoisotopic (exact) mass is 350 g/mol. The molecule has 0 fully saturated rings. The highest BCUT2D eigenvalue weighted by Gasteiger charge is 1.91.